The van der Waals surface area contributed by atoms with Crippen molar-refractivity contribution in [2.24, 2.45) is 0 Å². The minimum absolute atomic E-state index is 0.139. The van der Waals surface area contributed by atoms with Gasteiger partial charge in [0.05, 0.1) is 0 Å². The van der Waals surface area contributed by atoms with E-state index in [9.17, 15) is 4.79 Å². The molecule has 2 aliphatic rings. The Labute approximate surface area is 159 Å². The van der Waals surface area contributed by atoms with Gasteiger partial charge >= 0.3 is 0 Å². The number of nitrogens with zero attached hydrogens (tertiary/aromatic N) is 3. The number of likely N-dealkylation sites (tertiary alicyclic amines) is 2. The SMILES string of the molecule is O=C(/C=C/c1cccs1)N1CCCC2(CCCN2Cc2cccnc2)C1. The van der Waals surface area contributed by atoms with Gasteiger partial charge in [0.15, 0.2) is 0 Å². The molecule has 4 rings (SSSR count). The average Bonchev–Trinajstić information content (AvgIpc) is 3.32. The van der Waals surface area contributed by atoms with Crippen LogP contribution in [0.3, 0.4) is 0 Å². The van der Waals surface area contributed by atoms with Crippen LogP contribution in [0, 0.1) is 0 Å². The zero-order valence-electron chi connectivity index (χ0n) is 15.0. The largest absolute Gasteiger partial charge is 0.337 e. The topological polar surface area (TPSA) is 36.4 Å². The molecule has 136 valence electrons. The van der Waals surface area contributed by atoms with Gasteiger partial charge in [-0.3, -0.25) is 14.7 Å². The predicted octanol–water partition coefficient (Wildman–Crippen LogP) is 3.81. The molecule has 1 atom stereocenters. The molecular formula is C21H25N3OS. The summed E-state index contributed by atoms with van der Waals surface area (Å²) in [4.78, 5) is 22.7. The third kappa shape index (κ3) is 3.74. The average molecular weight is 368 g/mol. The van der Waals surface area contributed by atoms with Gasteiger partial charge in [-0.15, -0.1) is 11.3 Å². The van der Waals surface area contributed by atoms with E-state index in [2.05, 4.69) is 20.9 Å². The first-order chi connectivity index (χ1) is 12.8. The van der Waals surface area contributed by atoms with Gasteiger partial charge in [-0.05, 0) is 61.4 Å². The Morgan fingerprint density at radius 1 is 1.23 bits per heavy atom. The maximum atomic E-state index is 12.7. The molecule has 2 saturated heterocycles. The van der Waals surface area contributed by atoms with E-state index in [1.165, 1.54) is 24.8 Å². The van der Waals surface area contributed by atoms with Crippen molar-refractivity contribution in [3.8, 4) is 0 Å². The van der Waals surface area contributed by atoms with E-state index in [0.29, 0.717) is 0 Å². The molecule has 2 aromatic rings. The highest BCUT2D eigenvalue weighted by atomic mass is 32.1. The van der Waals surface area contributed by atoms with Gasteiger partial charge in [-0.1, -0.05) is 12.1 Å². The Morgan fingerprint density at radius 2 is 2.12 bits per heavy atom. The molecule has 2 aliphatic heterocycles. The summed E-state index contributed by atoms with van der Waals surface area (Å²) in [6.07, 6.45) is 12.1. The van der Waals surface area contributed by atoms with Gasteiger partial charge in [0.2, 0.25) is 5.91 Å². The van der Waals surface area contributed by atoms with Crippen LogP contribution in [-0.2, 0) is 11.3 Å². The summed E-state index contributed by atoms with van der Waals surface area (Å²) in [6, 6.07) is 8.21. The number of carbonyl (C=O) groups is 1. The van der Waals surface area contributed by atoms with E-state index < -0.39 is 0 Å². The Morgan fingerprint density at radius 3 is 2.88 bits per heavy atom. The summed E-state index contributed by atoms with van der Waals surface area (Å²) in [5.74, 6) is 0.144. The minimum atomic E-state index is 0.139. The smallest absolute Gasteiger partial charge is 0.246 e. The van der Waals surface area contributed by atoms with Gasteiger partial charge in [0.25, 0.3) is 0 Å². The van der Waals surface area contributed by atoms with Crippen LogP contribution in [0.25, 0.3) is 6.08 Å². The fraction of sp³-hybridized carbons (Fsp3) is 0.429. The van der Waals surface area contributed by atoms with E-state index in [1.54, 1.807) is 17.4 Å². The van der Waals surface area contributed by atoms with Crippen molar-refractivity contribution in [3.63, 3.8) is 0 Å². The Balaban J connectivity index is 1.45. The quantitative estimate of drug-likeness (QED) is 0.771. The zero-order valence-corrected chi connectivity index (χ0v) is 15.8. The fourth-order valence-electron chi connectivity index (χ4n) is 4.36. The molecule has 0 radical (unpaired) electrons. The number of carbonyl (C=O) groups excluding carboxylic acids is 1. The number of aromatic nitrogens is 1. The van der Waals surface area contributed by atoms with E-state index >= 15 is 0 Å². The van der Waals surface area contributed by atoms with E-state index in [1.807, 2.05) is 42.0 Å². The summed E-state index contributed by atoms with van der Waals surface area (Å²) in [5.41, 5.74) is 1.40. The second kappa shape index (κ2) is 7.72. The van der Waals surface area contributed by atoms with Gasteiger partial charge in [0, 0.05) is 48.5 Å². The molecule has 0 aromatic carbocycles. The van der Waals surface area contributed by atoms with Crippen molar-refractivity contribution < 1.29 is 4.79 Å². The molecule has 1 spiro atoms. The minimum Gasteiger partial charge on any atom is -0.337 e. The summed E-state index contributed by atoms with van der Waals surface area (Å²) in [6.45, 7) is 3.76. The van der Waals surface area contributed by atoms with Crippen LogP contribution in [-0.4, -0.2) is 45.9 Å². The Bertz CT molecular complexity index is 759. The monoisotopic (exact) mass is 367 g/mol. The number of amides is 1. The van der Waals surface area contributed by atoms with E-state index in [-0.39, 0.29) is 11.4 Å². The highest BCUT2D eigenvalue weighted by Crippen LogP contribution is 2.38. The number of hydrogen-bond acceptors (Lipinski definition) is 4. The van der Waals surface area contributed by atoms with Crippen LogP contribution in [0.15, 0.2) is 48.1 Å². The van der Waals surface area contributed by atoms with Gasteiger partial charge in [-0.25, -0.2) is 0 Å². The lowest BCUT2D eigenvalue weighted by Gasteiger charge is -2.46. The first-order valence-electron chi connectivity index (χ1n) is 9.40. The lowest BCUT2D eigenvalue weighted by atomic mass is 9.86. The Kier molecular flexibility index (Phi) is 5.18. The molecule has 0 N–H and O–H groups in total. The second-order valence-corrected chi connectivity index (χ2v) is 8.30. The van der Waals surface area contributed by atoms with Crippen molar-refractivity contribution >= 4 is 23.3 Å². The highest BCUT2D eigenvalue weighted by Gasteiger charge is 2.44. The van der Waals surface area contributed by atoms with Crippen molar-refractivity contribution in [2.45, 2.75) is 37.8 Å². The molecule has 0 bridgehead atoms. The molecule has 0 aliphatic carbocycles. The molecule has 5 heteroatoms. The van der Waals surface area contributed by atoms with Crippen LogP contribution < -0.4 is 0 Å². The molecule has 1 amide bonds. The summed E-state index contributed by atoms with van der Waals surface area (Å²) < 4.78 is 0. The number of pyridine rings is 1. The molecule has 1 unspecified atom stereocenters. The summed E-state index contributed by atoms with van der Waals surface area (Å²) in [5, 5.41) is 2.04. The molecule has 2 fully saturated rings. The second-order valence-electron chi connectivity index (χ2n) is 7.32. The molecular weight excluding hydrogens is 342 g/mol. The van der Waals surface area contributed by atoms with E-state index in [0.717, 1.165) is 37.5 Å². The van der Waals surface area contributed by atoms with Crippen LogP contribution in [0.5, 0.6) is 0 Å². The number of hydrogen-bond donors (Lipinski definition) is 0. The first-order valence-corrected chi connectivity index (χ1v) is 10.3. The summed E-state index contributed by atoms with van der Waals surface area (Å²) in [7, 11) is 0. The normalized spacial score (nSPS) is 23.9. The number of rotatable bonds is 4. The maximum absolute atomic E-state index is 12.7. The standard InChI is InChI=1S/C21H25N3OS/c25-20(8-7-19-6-2-14-26-19)23-12-3-9-21(17-23)10-4-13-24(21)16-18-5-1-11-22-15-18/h1-2,5-8,11,14-15H,3-4,9-10,12-13,16-17H2/b8-7+. The van der Waals surface area contributed by atoms with Crippen molar-refractivity contribution in [3.05, 3.63) is 58.6 Å². The summed E-state index contributed by atoms with van der Waals surface area (Å²) >= 11 is 1.66. The van der Waals surface area contributed by atoms with E-state index in [4.69, 9.17) is 0 Å². The van der Waals surface area contributed by atoms with Crippen molar-refractivity contribution in [2.75, 3.05) is 19.6 Å². The van der Waals surface area contributed by atoms with Gasteiger partial charge in [0.1, 0.15) is 0 Å². The van der Waals surface area contributed by atoms with Crippen molar-refractivity contribution in [1.29, 1.82) is 0 Å². The predicted molar refractivity (Wildman–Crippen MR) is 106 cm³/mol. The van der Waals surface area contributed by atoms with Crippen molar-refractivity contribution in [1.82, 2.24) is 14.8 Å². The lowest BCUT2D eigenvalue weighted by Crippen LogP contribution is -2.56. The zero-order chi connectivity index (χ0) is 17.8. The van der Waals surface area contributed by atoms with Crippen LogP contribution in [0.1, 0.15) is 36.1 Å². The van der Waals surface area contributed by atoms with Crippen LogP contribution in [0.2, 0.25) is 0 Å². The number of thiophene rings is 1. The van der Waals surface area contributed by atoms with Crippen LogP contribution >= 0.6 is 11.3 Å². The molecule has 4 nitrogen and oxygen atoms in total. The van der Waals surface area contributed by atoms with Gasteiger partial charge < -0.3 is 4.90 Å². The third-order valence-electron chi connectivity index (χ3n) is 5.64. The molecule has 4 heterocycles. The fourth-order valence-corrected chi connectivity index (χ4v) is 4.98. The highest BCUT2D eigenvalue weighted by molar-refractivity contribution is 7.10. The molecule has 2 aromatic heterocycles. The Hall–Kier alpha value is -1.98. The maximum Gasteiger partial charge on any atom is 0.246 e. The molecule has 26 heavy (non-hydrogen) atoms. The molecule has 0 saturated carbocycles. The number of piperidine rings is 1. The van der Waals surface area contributed by atoms with Crippen LogP contribution in [0.4, 0.5) is 0 Å². The lowest BCUT2D eigenvalue weighted by molar-refractivity contribution is -0.129. The first kappa shape index (κ1) is 17.4. The third-order valence-corrected chi connectivity index (χ3v) is 6.48. The van der Waals surface area contributed by atoms with Gasteiger partial charge in [-0.2, -0.15) is 0 Å².